The van der Waals surface area contributed by atoms with Crippen LogP contribution in [0.1, 0.15) is 22.8 Å². The SMILES string of the molecule is Cc1ccc(F)cc1C(=O)N1C(C)SCC1C(=O)O. The second-order valence-corrected chi connectivity index (χ2v) is 5.81. The van der Waals surface area contributed by atoms with Crippen molar-refractivity contribution in [2.75, 3.05) is 5.75 Å². The molecule has 1 aromatic rings. The van der Waals surface area contributed by atoms with Gasteiger partial charge >= 0.3 is 5.97 Å². The number of thioether (sulfide) groups is 1. The summed E-state index contributed by atoms with van der Waals surface area (Å²) in [5.41, 5.74) is 0.861. The molecule has 2 rings (SSSR count). The van der Waals surface area contributed by atoms with Crippen molar-refractivity contribution in [3.63, 3.8) is 0 Å². The van der Waals surface area contributed by atoms with Crippen molar-refractivity contribution in [2.45, 2.75) is 25.3 Å². The lowest BCUT2D eigenvalue weighted by atomic mass is 10.1. The van der Waals surface area contributed by atoms with Crippen molar-refractivity contribution >= 4 is 23.6 Å². The van der Waals surface area contributed by atoms with E-state index in [4.69, 9.17) is 5.11 Å². The van der Waals surface area contributed by atoms with E-state index >= 15 is 0 Å². The molecule has 1 N–H and O–H groups in total. The molecule has 1 heterocycles. The second kappa shape index (κ2) is 5.21. The number of rotatable bonds is 2. The summed E-state index contributed by atoms with van der Waals surface area (Å²) in [6.45, 7) is 3.48. The van der Waals surface area contributed by atoms with Gasteiger partial charge in [-0.25, -0.2) is 9.18 Å². The number of hydrogen-bond donors (Lipinski definition) is 1. The zero-order valence-electron chi connectivity index (χ0n) is 10.6. The minimum Gasteiger partial charge on any atom is -0.480 e. The van der Waals surface area contributed by atoms with Crippen molar-refractivity contribution < 1.29 is 19.1 Å². The molecule has 0 saturated carbocycles. The van der Waals surface area contributed by atoms with E-state index in [-0.39, 0.29) is 10.9 Å². The number of nitrogens with zero attached hydrogens (tertiary/aromatic N) is 1. The minimum absolute atomic E-state index is 0.223. The third-order valence-corrected chi connectivity index (χ3v) is 4.39. The number of hydrogen-bond acceptors (Lipinski definition) is 3. The zero-order valence-corrected chi connectivity index (χ0v) is 11.4. The van der Waals surface area contributed by atoms with Crippen LogP contribution < -0.4 is 0 Å². The Morgan fingerprint density at radius 1 is 1.47 bits per heavy atom. The van der Waals surface area contributed by atoms with Crippen LogP contribution in [0.5, 0.6) is 0 Å². The third-order valence-electron chi connectivity index (χ3n) is 3.17. The smallest absolute Gasteiger partial charge is 0.327 e. The van der Waals surface area contributed by atoms with Gasteiger partial charge in [-0.3, -0.25) is 4.79 Å². The molecule has 1 fully saturated rings. The first-order chi connectivity index (χ1) is 8.91. The van der Waals surface area contributed by atoms with Crippen LogP contribution in [-0.2, 0) is 4.79 Å². The Morgan fingerprint density at radius 3 is 2.79 bits per heavy atom. The summed E-state index contributed by atoms with van der Waals surface area (Å²) in [6.07, 6.45) is 0. The summed E-state index contributed by atoms with van der Waals surface area (Å²) in [4.78, 5) is 24.9. The molecule has 0 bridgehead atoms. The number of amides is 1. The molecule has 0 aliphatic carbocycles. The van der Waals surface area contributed by atoms with Gasteiger partial charge in [0.1, 0.15) is 11.9 Å². The molecule has 4 nitrogen and oxygen atoms in total. The minimum atomic E-state index is -1.03. The maximum Gasteiger partial charge on any atom is 0.327 e. The van der Waals surface area contributed by atoms with E-state index < -0.39 is 23.7 Å². The maximum atomic E-state index is 13.3. The van der Waals surface area contributed by atoms with Gasteiger partial charge in [-0.15, -0.1) is 11.8 Å². The first-order valence-corrected chi connectivity index (χ1v) is 6.90. The highest BCUT2D eigenvalue weighted by atomic mass is 32.2. The average molecular weight is 283 g/mol. The molecule has 1 aromatic carbocycles. The Morgan fingerprint density at radius 2 is 2.16 bits per heavy atom. The van der Waals surface area contributed by atoms with Crippen molar-refractivity contribution in [3.8, 4) is 0 Å². The first-order valence-electron chi connectivity index (χ1n) is 5.85. The largest absolute Gasteiger partial charge is 0.480 e. The monoisotopic (exact) mass is 283 g/mol. The van der Waals surface area contributed by atoms with Crippen LogP contribution in [0.2, 0.25) is 0 Å². The Labute approximate surface area is 114 Å². The number of carboxylic acids is 1. The Kier molecular flexibility index (Phi) is 3.80. The van der Waals surface area contributed by atoms with Crippen LogP contribution in [0.15, 0.2) is 18.2 Å². The summed E-state index contributed by atoms with van der Waals surface area (Å²) >= 11 is 1.41. The molecular formula is C13H14FNO3S. The highest BCUT2D eigenvalue weighted by molar-refractivity contribution is 8.00. The molecule has 1 aliphatic heterocycles. The van der Waals surface area contributed by atoms with Gasteiger partial charge in [-0.2, -0.15) is 0 Å². The highest BCUT2D eigenvalue weighted by Gasteiger charge is 2.40. The van der Waals surface area contributed by atoms with Gasteiger partial charge in [0, 0.05) is 11.3 Å². The molecule has 0 spiro atoms. The van der Waals surface area contributed by atoms with Gasteiger partial charge < -0.3 is 10.0 Å². The summed E-state index contributed by atoms with van der Waals surface area (Å²) in [5, 5.41) is 8.91. The first kappa shape index (κ1) is 13.9. The normalized spacial score (nSPS) is 22.6. The predicted molar refractivity (Wildman–Crippen MR) is 70.7 cm³/mol. The molecule has 102 valence electrons. The average Bonchev–Trinajstić information content (AvgIpc) is 2.73. The molecule has 19 heavy (non-hydrogen) atoms. The van der Waals surface area contributed by atoms with Gasteiger partial charge in [0.15, 0.2) is 0 Å². The van der Waals surface area contributed by atoms with Crippen molar-refractivity contribution in [1.29, 1.82) is 0 Å². The number of carboxylic acid groups (broad SMARTS) is 1. The van der Waals surface area contributed by atoms with E-state index in [2.05, 4.69) is 0 Å². The van der Waals surface area contributed by atoms with Crippen molar-refractivity contribution in [2.24, 2.45) is 0 Å². The lowest BCUT2D eigenvalue weighted by Gasteiger charge is -2.25. The van der Waals surface area contributed by atoms with Crippen LogP contribution >= 0.6 is 11.8 Å². The van der Waals surface area contributed by atoms with Crippen LogP contribution in [0.25, 0.3) is 0 Å². The Hall–Kier alpha value is -1.56. The van der Waals surface area contributed by atoms with Crippen molar-refractivity contribution in [3.05, 3.63) is 35.1 Å². The van der Waals surface area contributed by atoms with E-state index in [0.29, 0.717) is 11.3 Å². The molecule has 0 aromatic heterocycles. The van der Waals surface area contributed by atoms with Crippen LogP contribution in [0.3, 0.4) is 0 Å². The van der Waals surface area contributed by atoms with Crippen molar-refractivity contribution in [1.82, 2.24) is 4.90 Å². The van der Waals surface area contributed by atoms with Gasteiger partial charge in [0.05, 0.1) is 5.37 Å². The van der Waals surface area contributed by atoms with Crippen LogP contribution in [-0.4, -0.2) is 39.1 Å². The summed E-state index contributed by atoms with van der Waals surface area (Å²) in [7, 11) is 0. The summed E-state index contributed by atoms with van der Waals surface area (Å²) in [6, 6.07) is 3.11. The molecule has 6 heteroatoms. The third kappa shape index (κ3) is 2.58. The number of aryl methyl sites for hydroxylation is 1. The quantitative estimate of drug-likeness (QED) is 0.903. The molecule has 1 aliphatic rings. The maximum absolute atomic E-state index is 13.3. The molecule has 2 unspecified atom stereocenters. The fourth-order valence-electron chi connectivity index (χ4n) is 2.11. The standard InChI is InChI=1S/C13H14FNO3S/c1-7-3-4-9(14)5-10(7)12(16)15-8(2)19-6-11(15)13(17)18/h3-5,8,11H,6H2,1-2H3,(H,17,18). The summed E-state index contributed by atoms with van der Waals surface area (Å²) < 4.78 is 13.3. The Balaban J connectivity index is 2.37. The molecule has 1 saturated heterocycles. The van der Waals surface area contributed by atoms with E-state index in [9.17, 15) is 14.0 Å². The van der Waals surface area contributed by atoms with E-state index in [0.717, 1.165) is 6.07 Å². The fraction of sp³-hybridized carbons (Fsp3) is 0.385. The van der Waals surface area contributed by atoms with Gasteiger partial charge in [-0.05, 0) is 31.5 Å². The number of carbonyl (C=O) groups is 2. The van der Waals surface area contributed by atoms with E-state index in [1.807, 2.05) is 0 Å². The second-order valence-electron chi connectivity index (χ2n) is 4.46. The van der Waals surface area contributed by atoms with Gasteiger partial charge in [0.25, 0.3) is 5.91 Å². The van der Waals surface area contributed by atoms with Gasteiger partial charge in [-0.1, -0.05) is 6.07 Å². The molecule has 2 atom stereocenters. The number of carbonyl (C=O) groups excluding carboxylic acids is 1. The number of halogens is 1. The van der Waals surface area contributed by atoms with E-state index in [1.165, 1.54) is 28.8 Å². The topological polar surface area (TPSA) is 57.6 Å². The summed E-state index contributed by atoms with van der Waals surface area (Å²) in [5.74, 6) is -1.60. The van der Waals surface area contributed by atoms with Crippen LogP contribution in [0.4, 0.5) is 4.39 Å². The lowest BCUT2D eigenvalue weighted by molar-refractivity contribution is -0.141. The fourth-order valence-corrected chi connectivity index (χ4v) is 3.27. The molecule has 0 radical (unpaired) electrons. The highest BCUT2D eigenvalue weighted by Crippen LogP contribution is 2.31. The molecule has 1 amide bonds. The lowest BCUT2D eigenvalue weighted by Crippen LogP contribution is -2.45. The van der Waals surface area contributed by atoms with Crippen LogP contribution in [0, 0.1) is 12.7 Å². The number of benzene rings is 1. The predicted octanol–water partition coefficient (Wildman–Crippen LogP) is 2.12. The van der Waals surface area contributed by atoms with E-state index in [1.54, 1.807) is 13.8 Å². The Bertz CT molecular complexity index is 535. The van der Waals surface area contributed by atoms with Gasteiger partial charge in [0.2, 0.25) is 0 Å². The molecular weight excluding hydrogens is 269 g/mol. The zero-order chi connectivity index (χ0) is 14.2. The number of aliphatic carboxylic acids is 1.